The normalized spacial score (nSPS) is 23.6. The van der Waals surface area contributed by atoms with E-state index in [9.17, 15) is 14.4 Å². The largest absolute Gasteiger partial charge is 0.478 e. The highest BCUT2D eigenvalue weighted by atomic mass is 16.4. The van der Waals surface area contributed by atoms with Gasteiger partial charge in [0, 0.05) is 11.8 Å². The van der Waals surface area contributed by atoms with Crippen LogP contribution < -0.4 is 4.90 Å². The standard InChI is InChI=1S/C13H13NO4/c1-7-8(2)12(16)14(11(7)15)10-6-4-3-5-9(10)13(17)18/h3-8H,1-2H3,(H,17,18). The predicted molar refractivity (Wildman–Crippen MR) is 64.2 cm³/mol. The summed E-state index contributed by atoms with van der Waals surface area (Å²) in [5, 5.41) is 9.08. The number of rotatable bonds is 2. The quantitative estimate of drug-likeness (QED) is 0.804. The fraction of sp³-hybridized carbons (Fsp3) is 0.308. The fourth-order valence-electron chi connectivity index (χ4n) is 2.03. The van der Waals surface area contributed by atoms with Crippen LogP contribution in [0.4, 0.5) is 5.69 Å². The minimum Gasteiger partial charge on any atom is -0.478 e. The number of aromatic carboxylic acids is 1. The number of hydrogen-bond donors (Lipinski definition) is 1. The molecule has 0 bridgehead atoms. The van der Waals surface area contributed by atoms with Crippen molar-refractivity contribution in [3.05, 3.63) is 29.8 Å². The lowest BCUT2D eigenvalue weighted by Crippen LogP contribution is -2.32. The van der Waals surface area contributed by atoms with Crippen LogP contribution in [-0.4, -0.2) is 22.9 Å². The summed E-state index contributed by atoms with van der Waals surface area (Å²) >= 11 is 0. The number of benzene rings is 1. The highest BCUT2D eigenvalue weighted by Crippen LogP contribution is 2.32. The first-order chi connectivity index (χ1) is 8.45. The molecular formula is C13H13NO4. The van der Waals surface area contributed by atoms with Crippen LogP contribution in [0.2, 0.25) is 0 Å². The summed E-state index contributed by atoms with van der Waals surface area (Å²) in [7, 11) is 0. The molecule has 1 aromatic carbocycles. The number of nitrogens with zero attached hydrogens (tertiary/aromatic N) is 1. The molecule has 0 spiro atoms. The Hall–Kier alpha value is -2.17. The molecule has 0 aliphatic carbocycles. The van der Waals surface area contributed by atoms with Crippen LogP contribution in [0.3, 0.4) is 0 Å². The van der Waals surface area contributed by atoms with Crippen molar-refractivity contribution in [3.8, 4) is 0 Å². The van der Waals surface area contributed by atoms with Crippen LogP contribution in [-0.2, 0) is 9.59 Å². The molecule has 1 aliphatic rings. The van der Waals surface area contributed by atoms with E-state index in [1.165, 1.54) is 12.1 Å². The number of carboxylic acids is 1. The van der Waals surface area contributed by atoms with E-state index in [1.54, 1.807) is 26.0 Å². The number of carbonyl (C=O) groups excluding carboxylic acids is 2. The number of hydrogen-bond acceptors (Lipinski definition) is 3. The molecule has 1 fully saturated rings. The maximum Gasteiger partial charge on any atom is 0.337 e. The van der Waals surface area contributed by atoms with Crippen LogP contribution in [0.25, 0.3) is 0 Å². The van der Waals surface area contributed by atoms with Crippen molar-refractivity contribution in [2.75, 3.05) is 4.90 Å². The van der Waals surface area contributed by atoms with Gasteiger partial charge in [0.1, 0.15) is 0 Å². The topological polar surface area (TPSA) is 74.7 Å². The molecule has 2 unspecified atom stereocenters. The Labute approximate surface area is 104 Å². The molecule has 1 aromatic rings. The summed E-state index contributed by atoms with van der Waals surface area (Å²) in [6, 6.07) is 6.02. The molecule has 2 atom stereocenters. The smallest absolute Gasteiger partial charge is 0.337 e. The molecule has 1 N–H and O–H groups in total. The Morgan fingerprint density at radius 3 is 2.11 bits per heavy atom. The molecule has 2 amide bonds. The predicted octanol–water partition coefficient (Wildman–Crippen LogP) is 1.53. The molecule has 5 heteroatoms. The van der Waals surface area contributed by atoms with E-state index in [4.69, 9.17) is 5.11 Å². The average molecular weight is 247 g/mol. The zero-order valence-corrected chi connectivity index (χ0v) is 10.1. The molecule has 0 aromatic heterocycles. The second kappa shape index (κ2) is 4.25. The second-order valence-electron chi connectivity index (χ2n) is 4.41. The van der Waals surface area contributed by atoms with E-state index in [0.29, 0.717) is 0 Å². The SMILES string of the molecule is CC1C(=O)N(c2ccccc2C(=O)O)C(=O)C1C. The Balaban J connectivity index is 2.53. The van der Waals surface area contributed by atoms with Crippen molar-refractivity contribution in [1.82, 2.24) is 0 Å². The Morgan fingerprint density at radius 2 is 1.61 bits per heavy atom. The zero-order chi connectivity index (χ0) is 13.4. The number of anilines is 1. The molecule has 5 nitrogen and oxygen atoms in total. The van der Waals surface area contributed by atoms with E-state index in [0.717, 1.165) is 4.90 Å². The summed E-state index contributed by atoms with van der Waals surface area (Å²) in [5.41, 5.74) is 0.108. The third kappa shape index (κ3) is 1.68. The van der Waals surface area contributed by atoms with Gasteiger partial charge in [-0.1, -0.05) is 26.0 Å². The van der Waals surface area contributed by atoms with E-state index >= 15 is 0 Å². The molecule has 0 saturated carbocycles. The van der Waals surface area contributed by atoms with E-state index in [-0.39, 0.29) is 23.1 Å². The van der Waals surface area contributed by atoms with Crippen LogP contribution in [0, 0.1) is 11.8 Å². The molecule has 1 aliphatic heterocycles. The minimum absolute atomic E-state index is 0.0412. The zero-order valence-electron chi connectivity index (χ0n) is 10.1. The molecule has 94 valence electrons. The van der Waals surface area contributed by atoms with E-state index in [1.807, 2.05) is 0 Å². The average Bonchev–Trinajstić information content (AvgIpc) is 2.54. The lowest BCUT2D eigenvalue weighted by atomic mass is 10.00. The van der Waals surface area contributed by atoms with Gasteiger partial charge in [0.05, 0.1) is 11.3 Å². The van der Waals surface area contributed by atoms with Crippen molar-refractivity contribution in [2.45, 2.75) is 13.8 Å². The van der Waals surface area contributed by atoms with Gasteiger partial charge in [0.15, 0.2) is 0 Å². The third-order valence-electron chi connectivity index (χ3n) is 3.35. The number of para-hydroxylation sites is 1. The molecule has 18 heavy (non-hydrogen) atoms. The fourth-order valence-corrected chi connectivity index (χ4v) is 2.03. The van der Waals surface area contributed by atoms with Crippen molar-refractivity contribution >= 4 is 23.5 Å². The highest BCUT2D eigenvalue weighted by Gasteiger charge is 2.44. The first kappa shape index (κ1) is 12.3. The van der Waals surface area contributed by atoms with Gasteiger partial charge in [-0.15, -0.1) is 0 Å². The van der Waals surface area contributed by atoms with Crippen molar-refractivity contribution in [1.29, 1.82) is 0 Å². The van der Waals surface area contributed by atoms with Crippen molar-refractivity contribution in [2.24, 2.45) is 11.8 Å². The molecule has 2 rings (SSSR count). The van der Waals surface area contributed by atoms with Crippen LogP contribution in [0.1, 0.15) is 24.2 Å². The Morgan fingerprint density at radius 1 is 1.11 bits per heavy atom. The lowest BCUT2D eigenvalue weighted by Gasteiger charge is -2.16. The van der Waals surface area contributed by atoms with E-state index in [2.05, 4.69) is 0 Å². The molecular weight excluding hydrogens is 234 g/mol. The van der Waals surface area contributed by atoms with Crippen LogP contribution in [0.5, 0.6) is 0 Å². The van der Waals surface area contributed by atoms with Gasteiger partial charge in [0.2, 0.25) is 11.8 Å². The molecule has 0 radical (unpaired) electrons. The summed E-state index contributed by atoms with van der Waals surface area (Å²) in [6.45, 7) is 3.35. The van der Waals surface area contributed by atoms with Gasteiger partial charge in [-0.25, -0.2) is 9.69 Å². The Kier molecular flexibility index (Phi) is 2.90. The lowest BCUT2D eigenvalue weighted by molar-refractivity contribution is -0.122. The summed E-state index contributed by atoms with van der Waals surface area (Å²) < 4.78 is 0. The van der Waals surface area contributed by atoms with Gasteiger partial charge >= 0.3 is 5.97 Å². The first-order valence-electron chi connectivity index (χ1n) is 5.65. The van der Waals surface area contributed by atoms with Gasteiger partial charge < -0.3 is 5.11 Å². The number of amides is 2. The van der Waals surface area contributed by atoms with E-state index < -0.39 is 17.8 Å². The van der Waals surface area contributed by atoms with Gasteiger partial charge in [-0.3, -0.25) is 9.59 Å². The summed E-state index contributed by atoms with van der Waals surface area (Å²) in [4.78, 5) is 36.1. The maximum absolute atomic E-state index is 12.0. The number of carboxylic acid groups (broad SMARTS) is 1. The highest BCUT2D eigenvalue weighted by molar-refractivity contribution is 6.23. The van der Waals surface area contributed by atoms with Gasteiger partial charge in [0.25, 0.3) is 0 Å². The third-order valence-corrected chi connectivity index (χ3v) is 3.35. The summed E-state index contributed by atoms with van der Waals surface area (Å²) in [6.07, 6.45) is 0. The van der Waals surface area contributed by atoms with Crippen molar-refractivity contribution < 1.29 is 19.5 Å². The second-order valence-corrected chi connectivity index (χ2v) is 4.41. The van der Waals surface area contributed by atoms with Crippen LogP contribution in [0.15, 0.2) is 24.3 Å². The number of carbonyl (C=O) groups is 3. The monoisotopic (exact) mass is 247 g/mol. The minimum atomic E-state index is -1.15. The Bertz CT molecular complexity index is 518. The van der Waals surface area contributed by atoms with Gasteiger partial charge in [-0.2, -0.15) is 0 Å². The maximum atomic E-state index is 12.0. The molecule has 1 heterocycles. The van der Waals surface area contributed by atoms with Crippen LogP contribution >= 0.6 is 0 Å². The number of imide groups is 1. The first-order valence-corrected chi connectivity index (χ1v) is 5.65. The van der Waals surface area contributed by atoms with Gasteiger partial charge in [-0.05, 0) is 12.1 Å². The molecule has 1 saturated heterocycles. The summed E-state index contributed by atoms with van der Waals surface area (Å²) in [5.74, 6) is -2.68. The van der Waals surface area contributed by atoms with Crippen molar-refractivity contribution in [3.63, 3.8) is 0 Å².